The fourth-order valence-corrected chi connectivity index (χ4v) is 0.618. The molecule has 0 aliphatic rings. The van der Waals surface area contributed by atoms with Crippen molar-refractivity contribution in [3.8, 4) is 0 Å². The number of aliphatic hydroxyl groups is 1. The Morgan fingerprint density at radius 3 is 2.44 bits per heavy atom. The van der Waals surface area contributed by atoms with Gasteiger partial charge in [-0.3, -0.25) is 0 Å². The van der Waals surface area contributed by atoms with Crippen LogP contribution in [0.25, 0.3) is 0 Å². The standard InChI is InChI=1S/C7H14O2/c1-7(2,9)5-3-4-6-8/h6,9H,3-5H2,1-2H3. The summed E-state index contributed by atoms with van der Waals surface area (Å²) in [5, 5.41) is 9.13. The number of hydrogen-bond acceptors (Lipinski definition) is 2. The third-order valence-electron chi connectivity index (χ3n) is 1.11. The van der Waals surface area contributed by atoms with Crippen LogP contribution < -0.4 is 0 Å². The topological polar surface area (TPSA) is 37.3 Å². The molecule has 2 heteroatoms. The van der Waals surface area contributed by atoms with Crippen LogP contribution >= 0.6 is 0 Å². The molecule has 0 aliphatic carbocycles. The molecule has 1 N–H and O–H groups in total. The lowest BCUT2D eigenvalue weighted by molar-refractivity contribution is -0.108. The molecule has 54 valence electrons. The maximum atomic E-state index is 9.81. The Hall–Kier alpha value is -0.370. The lowest BCUT2D eigenvalue weighted by Crippen LogP contribution is -2.17. The summed E-state index contributed by atoms with van der Waals surface area (Å²) in [7, 11) is 0. The summed E-state index contributed by atoms with van der Waals surface area (Å²) in [6.07, 6.45) is 2.93. The molecule has 0 aromatic carbocycles. The molecule has 0 fully saturated rings. The van der Waals surface area contributed by atoms with Gasteiger partial charge in [0, 0.05) is 6.42 Å². The number of hydrogen-bond donors (Lipinski definition) is 1. The molecule has 0 aromatic heterocycles. The average Bonchev–Trinajstić information content (AvgIpc) is 1.63. The van der Waals surface area contributed by atoms with E-state index in [1.807, 2.05) is 0 Å². The van der Waals surface area contributed by atoms with E-state index in [-0.39, 0.29) is 0 Å². The van der Waals surface area contributed by atoms with Gasteiger partial charge < -0.3 is 9.90 Å². The highest BCUT2D eigenvalue weighted by atomic mass is 16.3. The zero-order chi connectivity index (χ0) is 7.33. The van der Waals surface area contributed by atoms with Crippen molar-refractivity contribution in [1.82, 2.24) is 0 Å². The molecule has 0 atom stereocenters. The largest absolute Gasteiger partial charge is 0.390 e. The summed E-state index contributed by atoms with van der Waals surface area (Å²) in [5.74, 6) is 0. The zero-order valence-corrected chi connectivity index (χ0v) is 6.05. The molecular weight excluding hydrogens is 116 g/mol. The minimum atomic E-state index is -0.608. The van der Waals surface area contributed by atoms with Crippen molar-refractivity contribution >= 4 is 6.29 Å². The van der Waals surface area contributed by atoms with E-state index >= 15 is 0 Å². The van der Waals surface area contributed by atoms with Crippen LogP contribution in [0.2, 0.25) is 0 Å². The Morgan fingerprint density at radius 1 is 1.56 bits per heavy atom. The Bertz CT molecular complexity index is 81.4. The maximum Gasteiger partial charge on any atom is 0.119 e. The van der Waals surface area contributed by atoms with Crippen LogP contribution in [0.5, 0.6) is 0 Å². The predicted molar refractivity (Wildman–Crippen MR) is 36.2 cm³/mol. The van der Waals surface area contributed by atoms with Gasteiger partial charge in [-0.2, -0.15) is 0 Å². The van der Waals surface area contributed by atoms with E-state index in [4.69, 9.17) is 5.11 Å². The van der Waals surface area contributed by atoms with Gasteiger partial charge >= 0.3 is 0 Å². The van der Waals surface area contributed by atoms with Gasteiger partial charge in [0.1, 0.15) is 6.29 Å². The van der Waals surface area contributed by atoms with Gasteiger partial charge in [0.05, 0.1) is 5.60 Å². The lowest BCUT2D eigenvalue weighted by Gasteiger charge is -2.14. The minimum absolute atomic E-state index is 0.560. The van der Waals surface area contributed by atoms with Crippen molar-refractivity contribution in [1.29, 1.82) is 0 Å². The first-order valence-electron chi connectivity index (χ1n) is 3.22. The second-order valence-electron chi connectivity index (χ2n) is 2.87. The molecule has 0 amide bonds. The lowest BCUT2D eigenvalue weighted by atomic mass is 10.0. The van der Waals surface area contributed by atoms with Gasteiger partial charge in [-0.25, -0.2) is 0 Å². The molecule has 0 aromatic rings. The van der Waals surface area contributed by atoms with Gasteiger partial charge in [0.25, 0.3) is 0 Å². The molecule has 0 heterocycles. The van der Waals surface area contributed by atoms with Crippen LogP contribution in [-0.4, -0.2) is 17.0 Å². The Balaban J connectivity index is 3.17. The summed E-state index contributed by atoms with van der Waals surface area (Å²) in [6.45, 7) is 3.50. The maximum absolute atomic E-state index is 9.81. The molecule has 0 unspecified atom stereocenters. The van der Waals surface area contributed by atoms with E-state index in [2.05, 4.69) is 0 Å². The van der Waals surface area contributed by atoms with Crippen LogP contribution in [0.4, 0.5) is 0 Å². The first kappa shape index (κ1) is 8.63. The SMILES string of the molecule is CC(C)(O)CCCC=O. The van der Waals surface area contributed by atoms with E-state index in [9.17, 15) is 4.79 Å². The Labute approximate surface area is 55.9 Å². The number of aldehydes is 1. The van der Waals surface area contributed by atoms with Crippen molar-refractivity contribution in [2.45, 2.75) is 38.7 Å². The van der Waals surface area contributed by atoms with Crippen molar-refractivity contribution in [2.75, 3.05) is 0 Å². The summed E-state index contributed by atoms with van der Waals surface area (Å²) in [4.78, 5) is 9.81. The highest BCUT2D eigenvalue weighted by Gasteiger charge is 2.10. The Kier molecular flexibility index (Phi) is 3.47. The van der Waals surface area contributed by atoms with Gasteiger partial charge in [-0.05, 0) is 26.7 Å². The fraction of sp³-hybridized carbons (Fsp3) is 0.857. The van der Waals surface area contributed by atoms with E-state index in [1.165, 1.54) is 0 Å². The molecule has 2 nitrogen and oxygen atoms in total. The van der Waals surface area contributed by atoms with Crippen molar-refractivity contribution in [3.05, 3.63) is 0 Å². The first-order chi connectivity index (χ1) is 4.06. The van der Waals surface area contributed by atoms with E-state index in [1.54, 1.807) is 13.8 Å². The number of rotatable bonds is 4. The van der Waals surface area contributed by atoms with Crippen molar-refractivity contribution < 1.29 is 9.90 Å². The van der Waals surface area contributed by atoms with Crippen molar-refractivity contribution in [2.24, 2.45) is 0 Å². The molecule has 0 spiro atoms. The van der Waals surface area contributed by atoms with Gasteiger partial charge in [0.15, 0.2) is 0 Å². The number of carbonyl (C=O) groups excluding carboxylic acids is 1. The molecule has 9 heavy (non-hydrogen) atoms. The highest BCUT2D eigenvalue weighted by Crippen LogP contribution is 2.10. The van der Waals surface area contributed by atoms with E-state index in [0.717, 1.165) is 12.7 Å². The second-order valence-corrected chi connectivity index (χ2v) is 2.87. The smallest absolute Gasteiger partial charge is 0.119 e. The summed E-state index contributed by atoms with van der Waals surface area (Å²) in [6, 6.07) is 0. The molecule has 0 bridgehead atoms. The quantitative estimate of drug-likeness (QED) is 0.457. The predicted octanol–water partition coefficient (Wildman–Crippen LogP) is 1.13. The second kappa shape index (κ2) is 3.62. The zero-order valence-electron chi connectivity index (χ0n) is 6.05. The number of unbranched alkanes of at least 4 members (excludes halogenated alkanes) is 1. The fourth-order valence-electron chi connectivity index (χ4n) is 0.618. The average molecular weight is 130 g/mol. The molecule has 0 aliphatic heterocycles. The van der Waals surface area contributed by atoms with Gasteiger partial charge in [-0.15, -0.1) is 0 Å². The normalized spacial score (nSPS) is 11.4. The number of carbonyl (C=O) groups is 1. The van der Waals surface area contributed by atoms with Crippen molar-refractivity contribution in [3.63, 3.8) is 0 Å². The van der Waals surface area contributed by atoms with Crippen LogP contribution in [0, 0.1) is 0 Å². The highest BCUT2D eigenvalue weighted by molar-refractivity contribution is 5.48. The molecule has 0 saturated carbocycles. The van der Waals surface area contributed by atoms with Crippen LogP contribution in [0.15, 0.2) is 0 Å². The summed E-state index contributed by atoms with van der Waals surface area (Å²) < 4.78 is 0. The minimum Gasteiger partial charge on any atom is -0.390 e. The van der Waals surface area contributed by atoms with E-state index < -0.39 is 5.60 Å². The first-order valence-corrected chi connectivity index (χ1v) is 3.22. The van der Waals surface area contributed by atoms with Crippen LogP contribution in [0.1, 0.15) is 33.1 Å². The summed E-state index contributed by atoms with van der Waals surface area (Å²) in [5.41, 5.74) is -0.608. The molecule has 0 saturated heterocycles. The van der Waals surface area contributed by atoms with E-state index in [0.29, 0.717) is 12.8 Å². The molecule has 0 rings (SSSR count). The third-order valence-corrected chi connectivity index (χ3v) is 1.11. The van der Waals surface area contributed by atoms with Crippen LogP contribution in [-0.2, 0) is 4.79 Å². The van der Waals surface area contributed by atoms with Gasteiger partial charge in [-0.1, -0.05) is 0 Å². The Morgan fingerprint density at radius 2 is 2.11 bits per heavy atom. The van der Waals surface area contributed by atoms with Crippen LogP contribution in [0.3, 0.4) is 0 Å². The monoisotopic (exact) mass is 130 g/mol. The third kappa shape index (κ3) is 7.63. The molecule has 0 radical (unpaired) electrons. The summed E-state index contributed by atoms with van der Waals surface area (Å²) >= 11 is 0. The molecular formula is C7H14O2. The van der Waals surface area contributed by atoms with Gasteiger partial charge in [0.2, 0.25) is 0 Å².